The maximum atomic E-state index is 5.91. The molecule has 0 aliphatic heterocycles. The Hall–Kier alpha value is -0.0500. The molecule has 1 aliphatic carbocycles. The predicted molar refractivity (Wildman–Crippen MR) is 72.4 cm³/mol. The molecule has 1 atom stereocenters. The molecule has 90 valence electrons. The largest absolute Gasteiger partial charge is 0.313 e. The average molecular weight is 258 g/mol. The van der Waals surface area contributed by atoms with E-state index in [1.54, 1.807) is 11.3 Å². The standard InChI is InChI=1S/C13H20ClNS/c1-9(2)13(10-3-4-10)15-8-7-11-5-6-12(14)16-11/h5-6,9-10,13,15H,3-4,7-8H2,1-2H3. The Bertz CT molecular complexity index is 328. The van der Waals surface area contributed by atoms with Crippen LogP contribution >= 0.6 is 22.9 Å². The van der Waals surface area contributed by atoms with Crippen molar-refractivity contribution in [1.82, 2.24) is 5.32 Å². The highest BCUT2D eigenvalue weighted by molar-refractivity contribution is 7.16. The van der Waals surface area contributed by atoms with Crippen molar-refractivity contribution in [2.75, 3.05) is 6.54 Å². The summed E-state index contributed by atoms with van der Waals surface area (Å²) >= 11 is 7.61. The molecule has 2 rings (SSSR count). The maximum Gasteiger partial charge on any atom is 0.0931 e. The van der Waals surface area contributed by atoms with E-state index in [1.165, 1.54) is 17.7 Å². The van der Waals surface area contributed by atoms with E-state index in [2.05, 4.69) is 25.2 Å². The van der Waals surface area contributed by atoms with Crippen molar-refractivity contribution < 1.29 is 0 Å². The van der Waals surface area contributed by atoms with E-state index >= 15 is 0 Å². The van der Waals surface area contributed by atoms with Gasteiger partial charge in [-0.1, -0.05) is 25.4 Å². The molecule has 3 heteroatoms. The molecule has 1 unspecified atom stereocenters. The molecule has 1 aromatic heterocycles. The molecular weight excluding hydrogens is 238 g/mol. The van der Waals surface area contributed by atoms with Crippen molar-refractivity contribution in [3.8, 4) is 0 Å². The number of rotatable bonds is 6. The number of hydrogen-bond acceptors (Lipinski definition) is 2. The van der Waals surface area contributed by atoms with E-state index in [9.17, 15) is 0 Å². The Morgan fingerprint density at radius 2 is 2.19 bits per heavy atom. The molecule has 0 spiro atoms. The topological polar surface area (TPSA) is 12.0 Å². The third kappa shape index (κ3) is 3.47. The minimum absolute atomic E-state index is 0.718. The lowest BCUT2D eigenvalue weighted by Crippen LogP contribution is -2.36. The highest BCUT2D eigenvalue weighted by Gasteiger charge is 2.32. The minimum Gasteiger partial charge on any atom is -0.313 e. The van der Waals surface area contributed by atoms with Gasteiger partial charge in [0.15, 0.2) is 0 Å². The molecule has 1 N–H and O–H groups in total. The number of hydrogen-bond donors (Lipinski definition) is 1. The summed E-state index contributed by atoms with van der Waals surface area (Å²) in [5.74, 6) is 1.69. The van der Waals surface area contributed by atoms with Crippen LogP contribution < -0.4 is 5.32 Å². The van der Waals surface area contributed by atoms with Gasteiger partial charge in [0, 0.05) is 17.5 Å². The predicted octanol–water partition coefficient (Wildman–Crippen LogP) is 3.97. The van der Waals surface area contributed by atoms with E-state index < -0.39 is 0 Å². The molecule has 0 amide bonds. The van der Waals surface area contributed by atoms with Gasteiger partial charge in [-0.15, -0.1) is 11.3 Å². The monoisotopic (exact) mass is 257 g/mol. The Kier molecular flexibility index (Phi) is 4.28. The van der Waals surface area contributed by atoms with Crippen molar-refractivity contribution in [3.05, 3.63) is 21.3 Å². The van der Waals surface area contributed by atoms with E-state index in [0.717, 1.165) is 35.2 Å². The van der Waals surface area contributed by atoms with E-state index in [1.807, 2.05) is 6.07 Å². The molecule has 1 saturated carbocycles. The normalized spacial score (nSPS) is 18.0. The SMILES string of the molecule is CC(C)C(NCCc1ccc(Cl)s1)C1CC1. The molecule has 1 aromatic rings. The Morgan fingerprint density at radius 1 is 1.44 bits per heavy atom. The summed E-state index contributed by atoms with van der Waals surface area (Å²) in [6, 6.07) is 4.84. The summed E-state index contributed by atoms with van der Waals surface area (Å²) in [5.41, 5.74) is 0. The van der Waals surface area contributed by atoms with Crippen LogP contribution in [0.4, 0.5) is 0 Å². The van der Waals surface area contributed by atoms with Crippen LogP contribution in [-0.2, 0) is 6.42 Å². The van der Waals surface area contributed by atoms with Gasteiger partial charge in [0.2, 0.25) is 0 Å². The second kappa shape index (κ2) is 5.52. The first-order valence-electron chi connectivity index (χ1n) is 6.14. The summed E-state index contributed by atoms with van der Waals surface area (Å²) in [6.07, 6.45) is 3.94. The van der Waals surface area contributed by atoms with Gasteiger partial charge < -0.3 is 5.32 Å². The first-order valence-corrected chi connectivity index (χ1v) is 7.34. The first-order chi connectivity index (χ1) is 7.66. The zero-order valence-electron chi connectivity index (χ0n) is 10.0. The zero-order valence-corrected chi connectivity index (χ0v) is 11.6. The first kappa shape index (κ1) is 12.4. The molecule has 1 nitrogen and oxygen atoms in total. The van der Waals surface area contributed by atoms with E-state index in [4.69, 9.17) is 11.6 Å². The van der Waals surface area contributed by atoms with Crippen LogP contribution in [-0.4, -0.2) is 12.6 Å². The van der Waals surface area contributed by atoms with Gasteiger partial charge in [0.05, 0.1) is 4.34 Å². The lowest BCUT2D eigenvalue weighted by Gasteiger charge is -2.21. The Balaban J connectivity index is 1.74. The molecule has 0 radical (unpaired) electrons. The fraction of sp³-hybridized carbons (Fsp3) is 0.692. The molecule has 1 fully saturated rings. The minimum atomic E-state index is 0.718. The third-order valence-corrected chi connectivity index (χ3v) is 4.52. The summed E-state index contributed by atoms with van der Waals surface area (Å²) in [6.45, 7) is 5.71. The van der Waals surface area contributed by atoms with Gasteiger partial charge in [-0.05, 0) is 43.2 Å². The number of nitrogens with one attached hydrogen (secondary N) is 1. The molecule has 0 aromatic carbocycles. The fourth-order valence-corrected chi connectivity index (χ4v) is 3.34. The number of thiophene rings is 1. The van der Waals surface area contributed by atoms with Crippen LogP contribution in [0.25, 0.3) is 0 Å². The van der Waals surface area contributed by atoms with Gasteiger partial charge in [0.1, 0.15) is 0 Å². The van der Waals surface area contributed by atoms with Crippen LogP contribution in [0.1, 0.15) is 31.6 Å². The highest BCUT2D eigenvalue weighted by Crippen LogP contribution is 2.35. The van der Waals surface area contributed by atoms with Crippen molar-refractivity contribution in [3.63, 3.8) is 0 Å². The maximum absolute atomic E-state index is 5.91. The van der Waals surface area contributed by atoms with Gasteiger partial charge in [0.25, 0.3) is 0 Å². The van der Waals surface area contributed by atoms with E-state index in [-0.39, 0.29) is 0 Å². The quantitative estimate of drug-likeness (QED) is 0.813. The lowest BCUT2D eigenvalue weighted by molar-refractivity contribution is 0.363. The summed E-state index contributed by atoms with van der Waals surface area (Å²) in [4.78, 5) is 1.39. The average Bonchev–Trinajstić information content (AvgIpc) is 2.97. The van der Waals surface area contributed by atoms with Crippen molar-refractivity contribution >= 4 is 22.9 Å². The molecule has 16 heavy (non-hydrogen) atoms. The Labute approximate surface area is 107 Å². The lowest BCUT2D eigenvalue weighted by atomic mass is 9.99. The molecule has 0 saturated heterocycles. The molecule has 1 heterocycles. The van der Waals surface area contributed by atoms with Crippen molar-refractivity contribution in [2.24, 2.45) is 11.8 Å². The van der Waals surface area contributed by atoms with Crippen LogP contribution in [0.2, 0.25) is 4.34 Å². The second-order valence-electron chi connectivity index (χ2n) is 5.02. The zero-order chi connectivity index (χ0) is 11.5. The Morgan fingerprint density at radius 3 is 2.69 bits per heavy atom. The second-order valence-corrected chi connectivity index (χ2v) is 6.82. The van der Waals surface area contributed by atoms with Crippen molar-refractivity contribution in [1.29, 1.82) is 0 Å². The summed E-state index contributed by atoms with van der Waals surface area (Å²) in [5, 5.41) is 3.70. The highest BCUT2D eigenvalue weighted by atomic mass is 35.5. The van der Waals surface area contributed by atoms with Gasteiger partial charge in [-0.3, -0.25) is 0 Å². The van der Waals surface area contributed by atoms with E-state index in [0.29, 0.717) is 0 Å². The summed E-state index contributed by atoms with van der Waals surface area (Å²) in [7, 11) is 0. The number of halogens is 1. The van der Waals surface area contributed by atoms with Gasteiger partial charge in [-0.25, -0.2) is 0 Å². The molecule has 0 bridgehead atoms. The smallest absolute Gasteiger partial charge is 0.0931 e. The summed E-state index contributed by atoms with van der Waals surface area (Å²) < 4.78 is 0.901. The van der Waals surface area contributed by atoms with Crippen LogP contribution in [0.5, 0.6) is 0 Å². The van der Waals surface area contributed by atoms with Crippen LogP contribution in [0, 0.1) is 11.8 Å². The fourth-order valence-electron chi connectivity index (χ4n) is 2.25. The van der Waals surface area contributed by atoms with Gasteiger partial charge in [-0.2, -0.15) is 0 Å². The molecule has 1 aliphatic rings. The molecular formula is C13H20ClNS. The van der Waals surface area contributed by atoms with Crippen molar-refractivity contribution in [2.45, 2.75) is 39.2 Å². The van der Waals surface area contributed by atoms with Gasteiger partial charge >= 0.3 is 0 Å². The van der Waals surface area contributed by atoms with Crippen LogP contribution in [0.15, 0.2) is 12.1 Å². The van der Waals surface area contributed by atoms with Crippen LogP contribution in [0.3, 0.4) is 0 Å². The third-order valence-electron chi connectivity index (χ3n) is 3.23.